The lowest BCUT2D eigenvalue weighted by molar-refractivity contribution is -0.141. The minimum absolute atomic E-state index is 0.239. The minimum atomic E-state index is -0.853. The van der Waals surface area contributed by atoms with Crippen LogP contribution in [0.3, 0.4) is 0 Å². The molecule has 1 aliphatic heterocycles. The molecule has 0 radical (unpaired) electrons. The average Bonchev–Trinajstić information content (AvgIpc) is 3.15. The maximum Gasteiger partial charge on any atom is 0.321 e. The van der Waals surface area contributed by atoms with Crippen LogP contribution in [-0.4, -0.2) is 44.9 Å². The number of likely N-dealkylation sites (tertiary alicyclic amines) is 1. The minimum Gasteiger partial charge on any atom is -0.481 e. The van der Waals surface area contributed by atoms with Crippen molar-refractivity contribution in [2.24, 2.45) is 5.92 Å². The zero-order valence-electron chi connectivity index (χ0n) is 13.7. The van der Waals surface area contributed by atoms with Crippen LogP contribution in [0.5, 0.6) is 0 Å². The van der Waals surface area contributed by atoms with Crippen LogP contribution in [0.15, 0.2) is 30.3 Å². The number of para-hydroxylation sites is 2. The number of rotatable bonds is 3. The number of urea groups is 1. The molecule has 2 amide bonds. The quantitative estimate of drug-likeness (QED) is 0.906. The average molecular weight is 328 g/mol. The van der Waals surface area contributed by atoms with E-state index in [0.29, 0.717) is 18.7 Å². The van der Waals surface area contributed by atoms with E-state index in [9.17, 15) is 9.59 Å². The molecule has 1 atom stereocenters. The molecule has 126 valence electrons. The molecule has 1 fully saturated rings. The van der Waals surface area contributed by atoms with Gasteiger partial charge < -0.3 is 15.3 Å². The van der Waals surface area contributed by atoms with Gasteiger partial charge in [0.1, 0.15) is 0 Å². The van der Waals surface area contributed by atoms with E-state index in [1.54, 1.807) is 4.68 Å². The van der Waals surface area contributed by atoms with Gasteiger partial charge in [0.25, 0.3) is 0 Å². The lowest BCUT2D eigenvalue weighted by Crippen LogP contribution is -2.34. The second-order valence-corrected chi connectivity index (χ2v) is 6.06. The van der Waals surface area contributed by atoms with E-state index < -0.39 is 11.9 Å². The summed E-state index contributed by atoms with van der Waals surface area (Å²) in [6, 6.07) is 9.11. The summed E-state index contributed by atoms with van der Waals surface area (Å²) in [5, 5.41) is 16.4. The van der Waals surface area contributed by atoms with E-state index in [-0.39, 0.29) is 12.6 Å². The molecule has 1 aliphatic rings. The highest BCUT2D eigenvalue weighted by Crippen LogP contribution is 2.23. The van der Waals surface area contributed by atoms with Crippen LogP contribution in [0.1, 0.15) is 17.8 Å². The highest BCUT2D eigenvalue weighted by atomic mass is 16.4. The fourth-order valence-electron chi connectivity index (χ4n) is 2.98. The molecule has 2 N–H and O–H groups in total. The number of aryl methyl sites for hydroxylation is 2. The molecule has 0 saturated carbocycles. The van der Waals surface area contributed by atoms with E-state index in [0.717, 1.165) is 17.1 Å². The summed E-state index contributed by atoms with van der Waals surface area (Å²) < 4.78 is 1.79. The number of nitrogens with zero attached hydrogens (tertiary/aromatic N) is 3. The zero-order valence-corrected chi connectivity index (χ0v) is 13.7. The molecule has 1 aromatic carbocycles. The van der Waals surface area contributed by atoms with Gasteiger partial charge in [-0.1, -0.05) is 12.1 Å². The first kappa shape index (κ1) is 16.0. The van der Waals surface area contributed by atoms with E-state index in [2.05, 4.69) is 10.4 Å². The number of hydrogen-bond acceptors (Lipinski definition) is 3. The molecule has 3 rings (SSSR count). The Labute approximate surface area is 139 Å². The van der Waals surface area contributed by atoms with E-state index in [4.69, 9.17) is 5.11 Å². The molecule has 2 heterocycles. The second-order valence-electron chi connectivity index (χ2n) is 6.06. The van der Waals surface area contributed by atoms with Gasteiger partial charge in [0.2, 0.25) is 0 Å². The zero-order chi connectivity index (χ0) is 17.3. The van der Waals surface area contributed by atoms with Crippen LogP contribution in [0.4, 0.5) is 10.5 Å². The Morgan fingerprint density at radius 1 is 1.29 bits per heavy atom. The molecule has 7 heteroatoms. The van der Waals surface area contributed by atoms with Crippen molar-refractivity contribution in [1.82, 2.24) is 14.7 Å². The third kappa shape index (κ3) is 3.10. The molecule has 0 spiro atoms. The molecular weight excluding hydrogens is 308 g/mol. The molecule has 1 unspecified atom stereocenters. The van der Waals surface area contributed by atoms with Crippen molar-refractivity contribution >= 4 is 17.7 Å². The van der Waals surface area contributed by atoms with Crippen LogP contribution in [0.2, 0.25) is 0 Å². The number of hydrogen-bond donors (Lipinski definition) is 2. The number of carboxylic acids is 1. The van der Waals surface area contributed by atoms with E-state index in [1.807, 2.05) is 44.2 Å². The van der Waals surface area contributed by atoms with Gasteiger partial charge in [-0.05, 0) is 38.5 Å². The number of carbonyl (C=O) groups is 2. The summed E-state index contributed by atoms with van der Waals surface area (Å²) in [6.07, 6.45) is 0.488. The Bertz CT molecular complexity index is 784. The van der Waals surface area contributed by atoms with Gasteiger partial charge in [0, 0.05) is 18.8 Å². The van der Waals surface area contributed by atoms with Crippen molar-refractivity contribution in [3.05, 3.63) is 41.7 Å². The van der Waals surface area contributed by atoms with Crippen molar-refractivity contribution in [2.75, 3.05) is 18.4 Å². The van der Waals surface area contributed by atoms with Crippen molar-refractivity contribution in [3.63, 3.8) is 0 Å². The smallest absolute Gasteiger partial charge is 0.321 e. The highest BCUT2D eigenvalue weighted by Gasteiger charge is 2.31. The summed E-state index contributed by atoms with van der Waals surface area (Å²) in [4.78, 5) is 25.0. The Morgan fingerprint density at radius 2 is 2.04 bits per heavy atom. The summed E-state index contributed by atoms with van der Waals surface area (Å²) >= 11 is 0. The molecule has 1 aromatic heterocycles. The highest BCUT2D eigenvalue weighted by molar-refractivity contribution is 5.92. The summed E-state index contributed by atoms with van der Waals surface area (Å²) in [5.74, 6) is -1.34. The standard InChI is InChI=1S/C17H20N4O3/c1-11-9-12(2)21(19-11)15-6-4-3-5-14(15)18-17(24)20-8-7-13(10-20)16(22)23/h3-6,9,13H,7-8,10H2,1-2H3,(H,18,24)(H,22,23). The Morgan fingerprint density at radius 3 is 2.67 bits per heavy atom. The number of anilines is 1. The fraction of sp³-hybridized carbons (Fsp3) is 0.353. The fourth-order valence-corrected chi connectivity index (χ4v) is 2.98. The number of carboxylic acid groups (broad SMARTS) is 1. The van der Waals surface area contributed by atoms with Gasteiger partial charge in [-0.15, -0.1) is 0 Å². The number of nitrogens with one attached hydrogen (secondary N) is 1. The Balaban J connectivity index is 1.80. The molecule has 0 bridgehead atoms. The van der Waals surface area contributed by atoms with Crippen LogP contribution in [0.25, 0.3) is 5.69 Å². The molecule has 0 aliphatic carbocycles. The first-order chi connectivity index (χ1) is 11.5. The predicted molar refractivity (Wildman–Crippen MR) is 89.4 cm³/mol. The number of carbonyl (C=O) groups excluding carboxylic acids is 1. The SMILES string of the molecule is Cc1cc(C)n(-c2ccccc2NC(=O)N2CCC(C(=O)O)C2)n1. The monoisotopic (exact) mass is 328 g/mol. The third-order valence-electron chi connectivity index (χ3n) is 4.21. The molecule has 7 nitrogen and oxygen atoms in total. The first-order valence-electron chi connectivity index (χ1n) is 7.87. The second kappa shape index (κ2) is 6.35. The largest absolute Gasteiger partial charge is 0.481 e. The van der Waals surface area contributed by atoms with E-state index in [1.165, 1.54) is 4.90 Å². The maximum absolute atomic E-state index is 12.4. The van der Waals surface area contributed by atoms with Crippen LogP contribution in [0, 0.1) is 19.8 Å². The van der Waals surface area contributed by atoms with Gasteiger partial charge in [-0.25, -0.2) is 9.48 Å². The lowest BCUT2D eigenvalue weighted by Gasteiger charge is -2.18. The third-order valence-corrected chi connectivity index (χ3v) is 4.21. The number of amides is 2. The number of aliphatic carboxylic acids is 1. The lowest BCUT2D eigenvalue weighted by atomic mass is 10.1. The summed E-state index contributed by atoms with van der Waals surface area (Å²) in [5.41, 5.74) is 3.30. The Kier molecular flexibility index (Phi) is 4.24. The van der Waals surface area contributed by atoms with Crippen LogP contribution < -0.4 is 5.32 Å². The number of aromatic nitrogens is 2. The number of benzene rings is 1. The van der Waals surface area contributed by atoms with E-state index >= 15 is 0 Å². The Hall–Kier alpha value is -2.83. The normalized spacial score (nSPS) is 17.1. The van der Waals surface area contributed by atoms with Crippen LogP contribution >= 0.6 is 0 Å². The van der Waals surface area contributed by atoms with Gasteiger partial charge in [-0.3, -0.25) is 4.79 Å². The van der Waals surface area contributed by atoms with Gasteiger partial charge >= 0.3 is 12.0 Å². The topological polar surface area (TPSA) is 87.5 Å². The van der Waals surface area contributed by atoms with Gasteiger partial charge in [-0.2, -0.15) is 5.10 Å². The summed E-state index contributed by atoms with van der Waals surface area (Å²) in [6.45, 7) is 4.56. The molecule has 2 aromatic rings. The molecule has 24 heavy (non-hydrogen) atoms. The molecule has 1 saturated heterocycles. The van der Waals surface area contributed by atoms with Crippen molar-refractivity contribution in [1.29, 1.82) is 0 Å². The van der Waals surface area contributed by atoms with Crippen molar-refractivity contribution < 1.29 is 14.7 Å². The van der Waals surface area contributed by atoms with Crippen molar-refractivity contribution in [3.8, 4) is 5.69 Å². The predicted octanol–water partition coefficient (Wildman–Crippen LogP) is 2.43. The van der Waals surface area contributed by atoms with Crippen molar-refractivity contribution in [2.45, 2.75) is 20.3 Å². The first-order valence-corrected chi connectivity index (χ1v) is 7.87. The van der Waals surface area contributed by atoms with Crippen LogP contribution in [-0.2, 0) is 4.79 Å². The summed E-state index contributed by atoms with van der Waals surface area (Å²) in [7, 11) is 0. The maximum atomic E-state index is 12.4. The van der Waals surface area contributed by atoms with Gasteiger partial charge in [0.05, 0.1) is 23.0 Å². The molecular formula is C17H20N4O3. The van der Waals surface area contributed by atoms with Gasteiger partial charge in [0.15, 0.2) is 0 Å².